The van der Waals surface area contributed by atoms with Crippen molar-refractivity contribution in [3.05, 3.63) is 29.8 Å². The predicted molar refractivity (Wildman–Crippen MR) is 79.0 cm³/mol. The number of anilines is 1. The highest BCUT2D eigenvalue weighted by molar-refractivity contribution is 5.92. The van der Waals surface area contributed by atoms with Gasteiger partial charge in [0.25, 0.3) is 0 Å². The maximum atomic E-state index is 13.4. The normalized spacial score (nSPS) is 22.6. The molecule has 1 aliphatic rings. The lowest BCUT2D eigenvalue weighted by Gasteiger charge is -2.22. The van der Waals surface area contributed by atoms with Crippen LogP contribution in [0, 0.1) is 17.6 Å². The molecule has 1 amide bonds. The van der Waals surface area contributed by atoms with Crippen molar-refractivity contribution in [3.8, 4) is 0 Å². The number of para-hydroxylation sites is 1. The molecule has 0 heterocycles. The molecule has 0 bridgehead atoms. The van der Waals surface area contributed by atoms with Crippen molar-refractivity contribution in [2.24, 2.45) is 5.92 Å². The number of halogens is 2. The Morgan fingerprint density at radius 3 is 2.57 bits per heavy atom. The van der Waals surface area contributed by atoms with Crippen molar-refractivity contribution in [3.63, 3.8) is 0 Å². The Bertz CT molecular complexity index is 473. The summed E-state index contributed by atoms with van der Waals surface area (Å²) < 4.78 is 26.9. The van der Waals surface area contributed by atoms with Gasteiger partial charge in [0.05, 0.1) is 6.54 Å². The highest BCUT2D eigenvalue weighted by Crippen LogP contribution is 2.23. The van der Waals surface area contributed by atoms with Gasteiger partial charge in [-0.2, -0.15) is 0 Å². The maximum Gasteiger partial charge on any atom is 0.238 e. The molecule has 2 unspecified atom stereocenters. The third-order valence-electron chi connectivity index (χ3n) is 4.11. The molecule has 0 aromatic heterocycles. The first-order chi connectivity index (χ1) is 10.1. The molecule has 0 spiro atoms. The average molecular weight is 296 g/mol. The van der Waals surface area contributed by atoms with Crippen LogP contribution >= 0.6 is 0 Å². The zero-order valence-corrected chi connectivity index (χ0v) is 12.3. The molecule has 3 nitrogen and oxygen atoms in total. The second kappa shape index (κ2) is 7.50. The van der Waals surface area contributed by atoms with Crippen LogP contribution < -0.4 is 10.6 Å². The molecule has 0 radical (unpaired) electrons. The van der Waals surface area contributed by atoms with Crippen LogP contribution in [0.2, 0.25) is 0 Å². The summed E-state index contributed by atoms with van der Waals surface area (Å²) in [6.45, 7) is 2.25. The van der Waals surface area contributed by atoms with E-state index in [9.17, 15) is 13.6 Å². The monoisotopic (exact) mass is 296 g/mol. The van der Waals surface area contributed by atoms with Gasteiger partial charge in [0, 0.05) is 6.04 Å². The number of hydrogen-bond acceptors (Lipinski definition) is 2. The Hall–Kier alpha value is -1.49. The summed E-state index contributed by atoms with van der Waals surface area (Å²) in [4.78, 5) is 11.8. The van der Waals surface area contributed by atoms with Gasteiger partial charge >= 0.3 is 0 Å². The Morgan fingerprint density at radius 2 is 1.86 bits per heavy atom. The molecule has 1 aromatic rings. The summed E-state index contributed by atoms with van der Waals surface area (Å²) in [7, 11) is 0. The largest absolute Gasteiger partial charge is 0.320 e. The molecule has 21 heavy (non-hydrogen) atoms. The molecule has 116 valence electrons. The number of benzene rings is 1. The molecule has 1 aliphatic carbocycles. The highest BCUT2D eigenvalue weighted by atomic mass is 19.1. The number of nitrogens with one attached hydrogen (secondary N) is 2. The van der Waals surface area contributed by atoms with Gasteiger partial charge in [-0.15, -0.1) is 0 Å². The van der Waals surface area contributed by atoms with Crippen LogP contribution in [0.4, 0.5) is 14.5 Å². The molecule has 2 rings (SSSR count). The third kappa shape index (κ3) is 4.49. The topological polar surface area (TPSA) is 41.1 Å². The van der Waals surface area contributed by atoms with Gasteiger partial charge in [0.1, 0.15) is 17.3 Å². The predicted octanol–water partition coefficient (Wildman–Crippen LogP) is 3.46. The first kappa shape index (κ1) is 15.9. The van der Waals surface area contributed by atoms with Gasteiger partial charge in [0.15, 0.2) is 0 Å². The first-order valence-corrected chi connectivity index (χ1v) is 7.55. The lowest BCUT2D eigenvalue weighted by molar-refractivity contribution is -0.115. The average Bonchev–Trinajstić information content (AvgIpc) is 2.65. The fraction of sp³-hybridized carbons (Fsp3) is 0.562. The van der Waals surface area contributed by atoms with E-state index in [0.29, 0.717) is 12.0 Å². The second-order valence-electron chi connectivity index (χ2n) is 5.75. The number of carbonyl (C=O) groups excluding carboxylic acids is 1. The summed E-state index contributed by atoms with van der Waals surface area (Å²) in [5.74, 6) is -1.42. The van der Waals surface area contributed by atoms with Crippen LogP contribution in [0.3, 0.4) is 0 Å². The molecule has 1 aromatic carbocycles. The first-order valence-electron chi connectivity index (χ1n) is 7.55. The summed E-state index contributed by atoms with van der Waals surface area (Å²) in [6.07, 6.45) is 5.82. The van der Waals surface area contributed by atoms with Crippen LogP contribution in [0.5, 0.6) is 0 Å². The molecule has 1 fully saturated rings. The SMILES string of the molecule is CC1CCCCCC1NCC(=O)Nc1c(F)cccc1F. The third-order valence-corrected chi connectivity index (χ3v) is 4.11. The fourth-order valence-corrected chi connectivity index (χ4v) is 2.82. The van der Waals surface area contributed by atoms with E-state index in [0.717, 1.165) is 31.4 Å². The van der Waals surface area contributed by atoms with E-state index in [2.05, 4.69) is 17.6 Å². The molecule has 0 aliphatic heterocycles. The smallest absolute Gasteiger partial charge is 0.238 e. The second-order valence-corrected chi connectivity index (χ2v) is 5.75. The summed E-state index contributed by atoms with van der Waals surface area (Å²) >= 11 is 0. The maximum absolute atomic E-state index is 13.4. The number of carbonyl (C=O) groups is 1. The Balaban J connectivity index is 1.87. The minimum absolute atomic E-state index is 0.0722. The number of amides is 1. The van der Waals surface area contributed by atoms with E-state index >= 15 is 0 Å². The fourth-order valence-electron chi connectivity index (χ4n) is 2.82. The van der Waals surface area contributed by atoms with Crippen LogP contribution in [-0.4, -0.2) is 18.5 Å². The van der Waals surface area contributed by atoms with Gasteiger partial charge < -0.3 is 10.6 Å². The van der Waals surface area contributed by atoms with E-state index in [-0.39, 0.29) is 12.2 Å². The van der Waals surface area contributed by atoms with Crippen LogP contribution in [0.25, 0.3) is 0 Å². The van der Waals surface area contributed by atoms with Crippen LogP contribution in [-0.2, 0) is 4.79 Å². The van der Waals surface area contributed by atoms with Crippen molar-refractivity contribution >= 4 is 11.6 Å². The minimum atomic E-state index is -0.758. The van der Waals surface area contributed by atoms with Crippen LogP contribution in [0.15, 0.2) is 18.2 Å². The highest BCUT2D eigenvalue weighted by Gasteiger charge is 2.20. The van der Waals surface area contributed by atoms with Crippen molar-refractivity contribution in [1.82, 2.24) is 5.32 Å². The van der Waals surface area contributed by atoms with E-state index in [1.54, 1.807) is 0 Å². The lowest BCUT2D eigenvalue weighted by atomic mass is 9.97. The Morgan fingerprint density at radius 1 is 1.19 bits per heavy atom. The lowest BCUT2D eigenvalue weighted by Crippen LogP contribution is -2.39. The van der Waals surface area contributed by atoms with Gasteiger partial charge in [-0.05, 0) is 30.9 Å². The van der Waals surface area contributed by atoms with Crippen molar-refractivity contribution in [2.75, 3.05) is 11.9 Å². The quantitative estimate of drug-likeness (QED) is 0.835. The van der Waals surface area contributed by atoms with Crippen LogP contribution in [0.1, 0.15) is 39.0 Å². The molecule has 2 N–H and O–H groups in total. The van der Waals surface area contributed by atoms with E-state index in [1.807, 2.05) is 0 Å². The molecular formula is C16H22F2N2O. The Labute approximate surface area is 124 Å². The number of rotatable bonds is 4. The molecule has 1 saturated carbocycles. The summed E-state index contributed by atoms with van der Waals surface area (Å²) in [5, 5.41) is 5.51. The van der Waals surface area contributed by atoms with Crippen molar-refractivity contribution in [1.29, 1.82) is 0 Å². The van der Waals surface area contributed by atoms with E-state index in [1.165, 1.54) is 18.9 Å². The van der Waals surface area contributed by atoms with E-state index in [4.69, 9.17) is 0 Å². The summed E-state index contributed by atoms with van der Waals surface area (Å²) in [6, 6.07) is 3.81. The number of hydrogen-bond donors (Lipinski definition) is 2. The van der Waals surface area contributed by atoms with E-state index < -0.39 is 17.5 Å². The summed E-state index contributed by atoms with van der Waals surface area (Å²) in [5.41, 5.74) is -0.377. The van der Waals surface area contributed by atoms with Crippen molar-refractivity contribution in [2.45, 2.75) is 45.1 Å². The van der Waals surface area contributed by atoms with Gasteiger partial charge in [-0.25, -0.2) is 8.78 Å². The zero-order chi connectivity index (χ0) is 15.2. The molecule has 2 atom stereocenters. The Kier molecular flexibility index (Phi) is 5.67. The molecule has 0 saturated heterocycles. The molecular weight excluding hydrogens is 274 g/mol. The zero-order valence-electron chi connectivity index (χ0n) is 12.3. The standard InChI is InChI=1S/C16H22F2N2O/c1-11-6-3-2-4-9-14(11)19-10-15(21)20-16-12(17)7-5-8-13(16)18/h5,7-8,11,14,19H,2-4,6,9-10H2,1H3,(H,20,21). The van der Waals surface area contributed by atoms with Crippen molar-refractivity contribution < 1.29 is 13.6 Å². The molecule has 5 heteroatoms. The minimum Gasteiger partial charge on any atom is -0.320 e. The van der Waals surface area contributed by atoms with Gasteiger partial charge in [-0.3, -0.25) is 4.79 Å². The van der Waals surface area contributed by atoms with Gasteiger partial charge in [0.2, 0.25) is 5.91 Å². The van der Waals surface area contributed by atoms with Gasteiger partial charge in [-0.1, -0.05) is 32.3 Å².